The van der Waals surface area contributed by atoms with E-state index in [1.54, 1.807) is 30.1 Å². The van der Waals surface area contributed by atoms with Crippen molar-refractivity contribution in [2.24, 2.45) is 0 Å². The largest absolute Gasteiger partial charge is 0.495 e. The number of benzene rings is 2. The molecule has 146 valence electrons. The van der Waals surface area contributed by atoms with Gasteiger partial charge in [0.15, 0.2) is 5.65 Å². The standard InChI is InChI=1S/C21H19N5O2S/c1-14(20(27)25-17-10-6-7-11-18(17)28-2)29-21-16-12-24-26(19(16)22-13-23-21)15-8-4-3-5-9-15/h3-14H,1-2H3,(H,25,27)/t14-/m1/s1. The smallest absolute Gasteiger partial charge is 0.237 e. The molecule has 2 aromatic heterocycles. The molecule has 4 rings (SSSR count). The van der Waals surface area contributed by atoms with Crippen molar-refractivity contribution in [3.05, 3.63) is 67.1 Å². The summed E-state index contributed by atoms with van der Waals surface area (Å²) >= 11 is 1.37. The lowest BCUT2D eigenvalue weighted by atomic mass is 10.3. The Morgan fingerprint density at radius 1 is 1.10 bits per heavy atom. The minimum absolute atomic E-state index is 0.137. The predicted molar refractivity (Wildman–Crippen MR) is 114 cm³/mol. The molecule has 1 amide bonds. The molecule has 0 radical (unpaired) electrons. The average Bonchev–Trinajstić information content (AvgIpc) is 3.20. The number of fused-ring (bicyclic) bond motifs is 1. The first-order valence-corrected chi connectivity index (χ1v) is 9.90. The number of ether oxygens (including phenoxy) is 1. The van der Waals surface area contributed by atoms with Gasteiger partial charge in [-0.2, -0.15) is 5.10 Å². The van der Waals surface area contributed by atoms with Crippen LogP contribution in [-0.4, -0.2) is 38.0 Å². The number of nitrogens with zero attached hydrogens (tertiary/aromatic N) is 4. The highest BCUT2D eigenvalue weighted by atomic mass is 32.2. The molecule has 2 aromatic carbocycles. The number of aromatic nitrogens is 4. The molecule has 0 fully saturated rings. The fourth-order valence-electron chi connectivity index (χ4n) is 2.88. The number of methoxy groups -OCH3 is 1. The van der Waals surface area contributed by atoms with Gasteiger partial charge in [-0.3, -0.25) is 4.79 Å². The zero-order valence-electron chi connectivity index (χ0n) is 15.9. The Bertz CT molecular complexity index is 1150. The van der Waals surface area contributed by atoms with Crippen LogP contribution in [0.5, 0.6) is 5.75 Å². The summed E-state index contributed by atoms with van der Waals surface area (Å²) in [6.07, 6.45) is 3.23. The Kier molecular flexibility index (Phi) is 5.44. The maximum atomic E-state index is 12.7. The van der Waals surface area contributed by atoms with Gasteiger partial charge in [-0.15, -0.1) is 0 Å². The van der Waals surface area contributed by atoms with Crippen LogP contribution in [0, 0.1) is 0 Å². The number of rotatable bonds is 6. The topological polar surface area (TPSA) is 81.9 Å². The highest BCUT2D eigenvalue weighted by Gasteiger charge is 2.20. The summed E-state index contributed by atoms with van der Waals surface area (Å²) in [5.41, 5.74) is 2.25. The molecule has 0 aliphatic carbocycles. The van der Waals surface area contributed by atoms with E-state index in [4.69, 9.17) is 4.74 Å². The lowest BCUT2D eigenvalue weighted by molar-refractivity contribution is -0.115. The second-order valence-corrected chi connectivity index (χ2v) is 7.59. The molecule has 1 atom stereocenters. The van der Waals surface area contributed by atoms with E-state index in [1.807, 2.05) is 49.4 Å². The average molecular weight is 405 g/mol. The van der Waals surface area contributed by atoms with Crippen LogP contribution in [0.15, 0.2) is 72.1 Å². The molecule has 0 saturated carbocycles. The van der Waals surface area contributed by atoms with Gasteiger partial charge in [0.05, 0.1) is 35.3 Å². The lowest BCUT2D eigenvalue weighted by Crippen LogP contribution is -2.22. The molecule has 0 aliphatic heterocycles. The molecule has 0 bridgehead atoms. The summed E-state index contributed by atoms with van der Waals surface area (Å²) in [4.78, 5) is 21.4. The SMILES string of the molecule is COc1ccccc1NC(=O)[C@@H](C)Sc1ncnc2c1cnn2-c1ccccc1. The van der Waals surface area contributed by atoms with Crippen LogP contribution in [0.3, 0.4) is 0 Å². The van der Waals surface area contributed by atoms with Gasteiger partial charge in [-0.05, 0) is 31.2 Å². The van der Waals surface area contributed by atoms with Crippen molar-refractivity contribution in [1.29, 1.82) is 0 Å². The van der Waals surface area contributed by atoms with E-state index in [-0.39, 0.29) is 11.2 Å². The maximum Gasteiger partial charge on any atom is 0.237 e. The lowest BCUT2D eigenvalue weighted by Gasteiger charge is -2.14. The van der Waals surface area contributed by atoms with E-state index in [2.05, 4.69) is 20.4 Å². The summed E-state index contributed by atoms with van der Waals surface area (Å²) in [7, 11) is 1.57. The van der Waals surface area contributed by atoms with Crippen molar-refractivity contribution in [2.45, 2.75) is 17.2 Å². The highest BCUT2D eigenvalue weighted by molar-refractivity contribution is 8.00. The van der Waals surface area contributed by atoms with Gasteiger partial charge in [-0.1, -0.05) is 42.1 Å². The van der Waals surface area contributed by atoms with Gasteiger partial charge >= 0.3 is 0 Å². The normalized spacial score (nSPS) is 11.9. The van der Waals surface area contributed by atoms with Crippen molar-refractivity contribution < 1.29 is 9.53 Å². The molecule has 0 aliphatic rings. The van der Waals surface area contributed by atoms with Gasteiger partial charge in [0.1, 0.15) is 17.1 Å². The van der Waals surface area contributed by atoms with Crippen molar-refractivity contribution in [3.63, 3.8) is 0 Å². The van der Waals surface area contributed by atoms with Gasteiger partial charge in [-0.25, -0.2) is 14.6 Å². The van der Waals surface area contributed by atoms with Crippen molar-refractivity contribution >= 4 is 34.4 Å². The molecule has 29 heavy (non-hydrogen) atoms. The van der Waals surface area contributed by atoms with Crippen LogP contribution in [0.2, 0.25) is 0 Å². The van der Waals surface area contributed by atoms with Crippen LogP contribution in [0.25, 0.3) is 16.7 Å². The monoisotopic (exact) mass is 405 g/mol. The van der Waals surface area contributed by atoms with Gasteiger partial charge in [0, 0.05) is 0 Å². The molecule has 0 spiro atoms. The summed E-state index contributed by atoms with van der Waals surface area (Å²) in [5.74, 6) is 0.480. The third kappa shape index (κ3) is 3.93. The van der Waals surface area contributed by atoms with Crippen LogP contribution in [0.4, 0.5) is 5.69 Å². The Morgan fingerprint density at radius 3 is 2.66 bits per heavy atom. The van der Waals surface area contributed by atoms with E-state index in [1.165, 1.54) is 18.1 Å². The molecule has 7 nitrogen and oxygen atoms in total. The first kappa shape index (κ1) is 18.9. The Balaban J connectivity index is 1.56. The summed E-state index contributed by atoms with van der Waals surface area (Å²) in [5, 5.41) is 8.50. The van der Waals surface area contributed by atoms with Crippen molar-refractivity contribution in [3.8, 4) is 11.4 Å². The Morgan fingerprint density at radius 2 is 1.86 bits per heavy atom. The van der Waals surface area contributed by atoms with Gasteiger partial charge < -0.3 is 10.1 Å². The highest BCUT2D eigenvalue weighted by Crippen LogP contribution is 2.30. The molecule has 0 unspecified atom stereocenters. The van der Waals surface area contributed by atoms with Crippen LogP contribution in [0.1, 0.15) is 6.92 Å². The Labute approximate surface area is 172 Å². The maximum absolute atomic E-state index is 12.7. The first-order valence-electron chi connectivity index (χ1n) is 9.02. The Hall–Kier alpha value is -3.39. The van der Waals surface area contributed by atoms with E-state index in [9.17, 15) is 4.79 Å². The summed E-state index contributed by atoms with van der Waals surface area (Å²) in [6, 6.07) is 17.1. The van der Waals surface area contributed by atoms with Crippen LogP contribution < -0.4 is 10.1 Å². The number of anilines is 1. The number of hydrogen-bond donors (Lipinski definition) is 1. The predicted octanol–water partition coefficient (Wildman–Crippen LogP) is 3.94. The minimum Gasteiger partial charge on any atom is -0.495 e. The number of amides is 1. The third-order valence-electron chi connectivity index (χ3n) is 4.35. The fourth-order valence-corrected chi connectivity index (χ4v) is 3.76. The zero-order valence-corrected chi connectivity index (χ0v) is 16.8. The van der Waals surface area contributed by atoms with Crippen molar-refractivity contribution in [1.82, 2.24) is 19.7 Å². The minimum atomic E-state index is -0.377. The molecule has 0 saturated heterocycles. The second kappa shape index (κ2) is 8.32. The van der Waals surface area contributed by atoms with Crippen molar-refractivity contribution in [2.75, 3.05) is 12.4 Å². The van der Waals surface area contributed by atoms with Gasteiger partial charge in [0.25, 0.3) is 0 Å². The zero-order chi connectivity index (χ0) is 20.2. The molecule has 1 N–H and O–H groups in total. The molecular formula is C21H19N5O2S. The van der Waals surface area contributed by atoms with E-state index in [0.29, 0.717) is 22.1 Å². The number of thioether (sulfide) groups is 1. The van der Waals surface area contributed by atoms with Gasteiger partial charge in [0.2, 0.25) is 5.91 Å². The van der Waals surface area contributed by atoms with Crippen LogP contribution in [-0.2, 0) is 4.79 Å². The number of para-hydroxylation sites is 3. The molecule has 8 heteroatoms. The molecule has 4 aromatic rings. The fraction of sp³-hybridized carbons (Fsp3) is 0.143. The molecular weight excluding hydrogens is 386 g/mol. The number of hydrogen-bond acceptors (Lipinski definition) is 6. The summed E-state index contributed by atoms with van der Waals surface area (Å²) < 4.78 is 7.06. The van der Waals surface area contributed by atoms with E-state index < -0.39 is 0 Å². The third-order valence-corrected chi connectivity index (χ3v) is 5.47. The number of carbonyl (C=O) groups is 1. The quantitative estimate of drug-likeness (QED) is 0.386. The van der Waals surface area contributed by atoms with Crippen LogP contribution >= 0.6 is 11.8 Å². The van der Waals surface area contributed by atoms with E-state index >= 15 is 0 Å². The van der Waals surface area contributed by atoms with E-state index in [0.717, 1.165) is 11.1 Å². The summed E-state index contributed by atoms with van der Waals surface area (Å²) in [6.45, 7) is 1.84. The first-order chi connectivity index (χ1) is 14.2. The number of carbonyl (C=O) groups excluding carboxylic acids is 1. The second-order valence-electron chi connectivity index (χ2n) is 6.26. The molecule has 2 heterocycles. The number of nitrogens with one attached hydrogen (secondary N) is 1.